The average Bonchev–Trinajstić information content (AvgIpc) is 1.65. The van der Waals surface area contributed by atoms with E-state index in [2.05, 4.69) is 0 Å². The van der Waals surface area contributed by atoms with Crippen LogP contribution in [0.25, 0.3) is 0 Å². The molecular formula is C3H6FIO. The minimum absolute atomic E-state index is 0.344. The van der Waals surface area contributed by atoms with E-state index in [4.69, 9.17) is 5.11 Å². The highest BCUT2D eigenvalue weighted by atomic mass is 127. The van der Waals surface area contributed by atoms with Crippen molar-refractivity contribution >= 4 is 22.6 Å². The molecule has 0 spiro atoms. The molecule has 1 unspecified atom stereocenters. The summed E-state index contributed by atoms with van der Waals surface area (Å²) in [5, 5.41) is 7.95. The lowest BCUT2D eigenvalue weighted by atomic mass is 10.5. The molecule has 38 valence electrons. The van der Waals surface area contributed by atoms with Gasteiger partial charge in [-0.3, -0.25) is 0 Å². The van der Waals surface area contributed by atoms with E-state index in [1.54, 1.807) is 0 Å². The molecule has 0 aliphatic rings. The van der Waals surface area contributed by atoms with Gasteiger partial charge in [0.2, 0.25) is 0 Å². The fourth-order valence-corrected chi connectivity index (χ4v) is 0.327. The predicted octanol–water partition coefficient (Wildman–Crippen LogP) is 0.752. The van der Waals surface area contributed by atoms with E-state index < -0.39 is 6.17 Å². The summed E-state index contributed by atoms with van der Waals surface area (Å²) in [6.45, 7) is -0.344. The average molecular weight is 204 g/mol. The Kier molecular flexibility index (Phi) is 4.19. The van der Waals surface area contributed by atoms with Crippen molar-refractivity contribution in [2.45, 2.75) is 6.17 Å². The third-order valence-corrected chi connectivity index (χ3v) is 1.32. The highest BCUT2D eigenvalue weighted by Gasteiger charge is 1.96. The van der Waals surface area contributed by atoms with Crippen molar-refractivity contribution in [2.24, 2.45) is 0 Å². The molecule has 1 N–H and O–H groups in total. The van der Waals surface area contributed by atoms with Crippen LogP contribution in [0.3, 0.4) is 0 Å². The maximum Gasteiger partial charge on any atom is 0.132 e. The molecule has 3 heteroatoms. The number of halogens is 2. The van der Waals surface area contributed by atoms with Crippen molar-refractivity contribution in [3.05, 3.63) is 0 Å². The first-order valence-corrected chi connectivity index (χ1v) is 3.14. The van der Waals surface area contributed by atoms with Crippen LogP contribution < -0.4 is 0 Å². The van der Waals surface area contributed by atoms with Crippen LogP contribution in [-0.2, 0) is 0 Å². The van der Waals surface area contributed by atoms with E-state index in [1.165, 1.54) is 0 Å². The standard InChI is InChI=1S/C3H6FIO/c4-3(1-5)2-6/h3,6H,1-2H2. The summed E-state index contributed by atoms with van der Waals surface area (Å²) in [7, 11) is 0. The van der Waals surface area contributed by atoms with E-state index in [1.807, 2.05) is 22.6 Å². The van der Waals surface area contributed by atoms with Gasteiger partial charge in [-0.25, -0.2) is 4.39 Å². The molecule has 0 aromatic rings. The Morgan fingerprint density at radius 1 is 1.83 bits per heavy atom. The number of rotatable bonds is 2. The van der Waals surface area contributed by atoms with Crippen LogP contribution in [-0.4, -0.2) is 22.3 Å². The highest BCUT2D eigenvalue weighted by Crippen LogP contribution is 1.92. The van der Waals surface area contributed by atoms with E-state index >= 15 is 0 Å². The zero-order chi connectivity index (χ0) is 4.99. The molecule has 0 aliphatic carbocycles. The molecule has 1 atom stereocenters. The summed E-state index contributed by atoms with van der Waals surface area (Å²) in [6.07, 6.45) is -1.02. The third-order valence-electron chi connectivity index (χ3n) is 0.366. The normalized spacial score (nSPS) is 14.5. The number of aliphatic hydroxyl groups is 1. The molecule has 0 rings (SSSR count). The third kappa shape index (κ3) is 2.84. The first-order chi connectivity index (χ1) is 2.81. The van der Waals surface area contributed by atoms with Gasteiger partial charge in [0.25, 0.3) is 0 Å². The Morgan fingerprint density at radius 2 is 2.33 bits per heavy atom. The van der Waals surface area contributed by atoms with Gasteiger partial charge in [0.05, 0.1) is 6.61 Å². The Morgan fingerprint density at radius 3 is 2.33 bits per heavy atom. The summed E-state index contributed by atoms with van der Waals surface area (Å²) in [5.41, 5.74) is 0. The zero-order valence-corrected chi connectivity index (χ0v) is 5.35. The van der Waals surface area contributed by atoms with Gasteiger partial charge in [-0.15, -0.1) is 0 Å². The lowest BCUT2D eigenvalue weighted by Gasteiger charge is -1.92. The van der Waals surface area contributed by atoms with Gasteiger partial charge in [-0.1, -0.05) is 22.6 Å². The Balaban J connectivity index is 2.75. The van der Waals surface area contributed by atoms with Crippen LogP contribution >= 0.6 is 22.6 Å². The molecule has 0 heterocycles. The molecule has 0 saturated carbocycles. The first kappa shape index (κ1) is 6.62. The molecule has 0 bridgehead atoms. The summed E-state index contributed by atoms with van der Waals surface area (Å²) in [4.78, 5) is 0. The van der Waals surface area contributed by atoms with Crippen LogP contribution in [0.1, 0.15) is 0 Å². The molecular weight excluding hydrogens is 198 g/mol. The van der Waals surface area contributed by atoms with Gasteiger partial charge in [-0.05, 0) is 0 Å². The maximum atomic E-state index is 11.6. The maximum absolute atomic E-state index is 11.6. The minimum Gasteiger partial charge on any atom is -0.393 e. The number of hydrogen-bond acceptors (Lipinski definition) is 1. The van der Waals surface area contributed by atoms with Crippen LogP contribution in [0.4, 0.5) is 4.39 Å². The summed E-state index contributed by atoms with van der Waals surface area (Å²) < 4.78 is 12.0. The van der Waals surface area contributed by atoms with E-state index in [0.29, 0.717) is 4.43 Å². The molecule has 0 aromatic carbocycles. The summed E-state index contributed by atoms with van der Waals surface area (Å²) >= 11 is 1.88. The topological polar surface area (TPSA) is 20.2 Å². The number of hydrogen-bond donors (Lipinski definition) is 1. The molecule has 0 fully saturated rings. The van der Waals surface area contributed by atoms with Gasteiger partial charge < -0.3 is 5.11 Å². The van der Waals surface area contributed by atoms with E-state index in [-0.39, 0.29) is 6.61 Å². The second kappa shape index (κ2) is 3.80. The molecule has 0 amide bonds. The van der Waals surface area contributed by atoms with Gasteiger partial charge >= 0.3 is 0 Å². The smallest absolute Gasteiger partial charge is 0.132 e. The largest absolute Gasteiger partial charge is 0.393 e. The van der Waals surface area contributed by atoms with E-state index in [0.717, 1.165) is 0 Å². The number of aliphatic hydroxyl groups excluding tert-OH is 1. The van der Waals surface area contributed by atoms with Crippen molar-refractivity contribution in [3.63, 3.8) is 0 Å². The van der Waals surface area contributed by atoms with Crippen LogP contribution in [0, 0.1) is 0 Å². The van der Waals surface area contributed by atoms with Crippen molar-refractivity contribution < 1.29 is 9.50 Å². The van der Waals surface area contributed by atoms with Crippen molar-refractivity contribution in [2.75, 3.05) is 11.0 Å². The molecule has 0 saturated heterocycles. The monoisotopic (exact) mass is 204 g/mol. The van der Waals surface area contributed by atoms with Crippen LogP contribution in [0.5, 0.6) is 0 Å². The lowest BCUT2D eigenvalue weighted by Crippen LogP contribution is -2.05. The van der Waals surface area contributed by atoms with E-state index in [9.17, 15) is 4.39 Å². The van der Waals surface area contributed by atoms with Gasteiger partial charge in [-0.2, -0.15) is 0 Å². The molecule has 0 aliphatic heterocycles. The van der Waals surface area contributed by atoms with Gasteiger partial charge in [0, 0.05) is 4.43 Å². The minimum atomic E-state index is -1.02. The number of alkyl halides is 2. The Bertz CT molecular complexity index is 30.0. The lowest BCUT2D eigenvalue weighted by molar-refractivity contribution is 0.196. The van der Waals surface area contributed by atoms with Crippen LogP contribution in [0.2, 0.25) is 0 Å². The Labute approximate surface area is 49.7 Å². The Hall–Kier alpha value is 0.620. The second-order valence-electron chi connectivity index (χ2n) is 0.934. The van der Waals surface area contributed by atoms with Crippen LogP contribution in [0.15, 0.2) is 0 Å². The quantitative estimate of drug-likeness (QED) is 0.519. The van der Waals surface area contributed by atoms with Crippen molar-refractivity contribution in [1.82, 2.24) is 0 Å². The van der Waals surface area contributed by atoms with Gasteiger partial charge in [0.15, 0.2) is 0 Å². The highest BCUT2D eigenvalue weighted by molar-refractivity contribution is 14.1. The molecule has 1 nitrogen and oxygen atoms in total. The predicted molar refractivity (Wildman–Crippen MR) is 30.9 cm³/mol. The molecule has 0 radical (unpaired) electrons. The fraction of sp³-hybridized carbons (Fsp3) is 1.00. The van der Waals surface area contributed by atoms with Crippen molar-refractivity contribution in [3.8, 4) is 0 Å². The second-order valence-corrected chi connectivity index (χ2v) is 1.81. The fourth-order valence-electron chi connectivity index (χ4n) is 0.0488. The summed E-state index contributed by atoms with van der Waals surface area (Å²) in [5.74, 6) is 0. The van der Waals surface area contributed by atoms with Gasteiger partial charge in [0.1, 0.15) is 6.17 Å². The summed E-state index contributed by atoms with van der Waals surface area (Å²) in [6, 6.07) is 0. The van der Waals surface area contributed by atoms with Crippen molar-refractivity contribution in [1.29, 1.82) is 0 Å². The first-order valence-electron chi connectivity index (χ1n) is 1.62. The molecule has 6 heavy (non-hydrogen) atoms. The molecule has 0 aromatic heterocycles. The SMILES string of the molecule is OCC(F)CI. The zero-order valence-electron chi connectivity index (χ0n) is 3.19.